The van der Waals surface area contributed by atoms with Crippen LogP contribution in [-0.4, -0.2) is 6.54 Å². The Bertz CT molecular complexity index is 1990. The summed E-state index contributed by atoms with van der Waals surface area (Å²) in [5.41, 5.74) is 8.52. The van der Waals surface area contributed by atoms with E-state index in [0.717, 1.165) is 47.4 Å². The summed E-state index contributed by atoms with van der Waals surface area (Å²) >= 11 is 16.4. The molecule has 7 rings (SSSR count). The van der Waals surface area contributed by atoms with Crippen LogP contribution in [0.1, 0.15) is 31.7 Å². The van der Waals surface area contributed by atoms with Gasteiger partial charge in [-0.3, -0.25) is 0 Å². The van der Waals surface area contributed by atoms with Crippen LogP contribution in [0.3, 0.4) is 0 Å². The van der Waals surface area contributed by atoms with E-state index >= 15 is 0 Å². The lowest BCUT2D eigenvalue weighted by molar-refractivity contribution is -0.665. The average molecular weight is 680 g/mol. The van der Waals surface area contributed by atoms with E-state index in [0.29, 0.717) is 0 Å². The largest absolute Gasteiger partial charge is 0.335 e. The Hall–Kier alpha value is -3.74. The van der Waals surface area contributed by atoms with Crippen molar-refractivity contribution < 1.29 is 4.57 Å². The zero-order chi connectivity index (χ0) is 31.6. The van der Waals surface area contributed by atoms with Gasteiger partial charge in [-0.2, -0.15) is 4.57 Å². The summed E-state index contributed by atoms with van der Waals surface area (Å²) < 4.78 is 3.59. The smallest absolute Gasteiger partial charge is 0.262 e. The van der Waals surface area contributed by atoms with E-state index in [2.05, 4.69) is 137 Å². The molecule has 0 radical (unpaired) electrons. The first-order valence-corrected chi connectivity index (χ1v) is 18.0. The van der Waals surface area contributed by atoms with Gasteiger partial charge in [0.1, 0.15) is 11.2 Å². The Morgan fingerprint density at radius 1 is 0.804 bits per heavy atom. The van der Waals surface area contributed by atoms with E-state index in [1.807, 2.05) is 35.2 Å². The van der Waals surface area contributed by atoms with Crippen molar-refractivity contribution in [3.63, 3.8) is 0 Å². The van der Waals surface area contributed by atoms with Crippen LogP contribution in [0.25, 0.3) is 16.3 Å². The molecular weight excluding hydrogens is 645 g/mol. The maximum Gasteiger partial charge on any atom is 0.262 e. The Morgan fingerprint density at radius 2 is 1.50 bits per heavy atom. The summed E-state index contributed by atoms with van der Waals surface area (Å²) in [4.78, 5) is 6.01. The molecule has 46 heavy (non-hydrogen) atoms. The van der Waals surface area contributed by atoms with Crippen LogP contribution in [0.5, 0.6) is 0 Å². The van der Waals surface area contributed by atoms with Gasteiger partial charge in [0, 0.05) is 45.0 Å². The molecule has 2 aliphatic rings. The number of halogens is 2. The third-order valence-corrected chi connectivity index (χ3v) is 11.1. The summed E-state index contributed by atoms with van der Waals surface area (Å²) in [7, 11) is 0. The molecule has 0 amide bonds. The van der Waals surface area contributed by atoms with Crippen LogP contribution in [0, 0.1) is 0 Å². The molecule has 4 aromatic carbocycles. The molecule has 0 saturated carbocycles. The molecule has 1 aliphatic heterocycles. The number of benzene rings is 4. The van der Waals surface area contributed by atoms with Crippen molar-refractivity contribution in [2.75, 3.05) is 16.3 Å². The van der Waals surface area contributed by atoms with Crippen molar-refractivity contribution in [2.45, 2.75) is 38.1 Å². The Balaban J connectivity index is 1.36. The van der Waals surface area contributed by atoms with Crippen LogP contribution in [0.15, 0.2) is 142 Å². The first-order chi connectivity index (χ1) is 22.5. The summed E-state index contributed by atoms with van der Waals surface area (Å²) in [6, 6.07) is 33.8. The molecule has 2 heterocycles. The lowest BCUT2D eigenvalue weighted by Gasteiger charge is -2.28. The summed E-state index contributed by atoms with van der Waals surface area (Å²) in [6.45, 7) is 6.14. The fraction of sp³-hybridized carbons (Fsp3) is 0.154. The van der Waals surface area contributed by atoms with Crippen LogP contribution >= 0.6 is 46.3 Å². The summed E-state index contributed by atoms with van der Waals surface area (Å²) in [5, 5.41) is 3.97. The van der Waals surface area contributed by atoms with Gasteiger partial charge in [0.25, 0.3) is 5.01 Å². The first kappa shape index (κ1) is 30.9. The topological polar surface area (TPSA) is 10.4 Å². The minimum atomic E-state index is 0.766. The number of aryl methyl sites for hydroxylation is 1. The van der Waals surface area contributed by atoms with E-state index in [1.54, 1.807) is 0 Å². The highest BCUT2D eigenvalue weighted by Crippen LogP contribution is 2.47. The van der Waals surface area contributed by atoms with E-state index in [1.165, 1.54) is 47.7 Å². The molecule has 0 spiro atoms. The minimum Gasteiger partial charge on any atom is -0.335 e. The number of thiazole rings is 1. The molecule has 0 fully saturated rings. The van der Waals surface area contributed by atoms with Gasteiger partial charge < -0.3 is 9.80 Å². The van der Waals surface area contributed by atoms with Gasteiger partial charge >= 0.3 is 0 Å². The van der Waals surface area contributed by atoms with Gasteiger partial charge in [0.2, 0.25) is 5.52 Å². The molecule has 0 saturated heterocycles. The number of aromatic nitrogens is 1. The summed E-state index contributed by atoms with van der Waals surface area (Å²) in [5.74, 6) is 0. The third kappa shape index (κ3) is 6.05. The second-order valence-electron chi connectivity index (χ2n) is 11.2. The standard InChI is InChI=1S/C39H34Cl2N3S2/c1-3-42-33-25-29(40)19-21-35(33)45-37(42)23-17-27-15-16-28(18-24-38-43(4-2)34-26-30(41)20-22-36(34)46-38)39(27)44(31-11-7-5-8-12-31)32-13-9-6-10-14-32/h5-14,17-26H,3-4,15-16H2,1-2H3/q+1. The van der Waals surface area contributed by atoms with Gasteiger partial charge in [0.15, 0.2) is 0 Å². The van der Waals surface area contributed by atoms with Gasteiger partial charge in [0.05, 0.1) is 16.4 Å². The Labute approximate surface area is 289 Å². The molecule has 0 bridgehead atoms. The van der Waals surface area contributed by atoms with Crippen LogP contribution < -0.4 is 14.4 Å². The molecule has 1 aromatic heterocycles. The molecule has 0 N–H and O–H groups in total. The maximum absolute atomic E-state index is 6.39. The number of allylic oxidation sites excluding steroid dienone is 5. The number of thioether (sulfide) groups is 1. The average Bonchev–Trinajstić information content (AvgIpc) is 3.75. The van der Waals surface area contributed by atoms with Crippen molar-refractivity contribution in [2.24, 2.45) is 0 Å². The summed E-state index contributed by atoms with van der Waals surface area (Å²) in [6.07, 6.45) is 11.2. The third-order valence-electron chi connectivity index (χ3n) is 8.40. The number of nitrogens with zero attached hydrogens (tertiary/aromatic N) is 3. The van der Waals surface area contributed by atoms with Gasteiger partial charge in [-0.1, -0.05) is 88.8 Å². The van der Waals surface area contributed by atoms with Crippen molar-refractivity contribution >= 4 is 79.7 Å². The molecule has 1 aliphatic carbocycles. The molecule has 7 heteroatoms. The molecular formula is C39H34Cl2N3S2+. The number of anilines is 3. The Kier molecular flexibility index (Phi) is 9.10. The highest BCUT2D eigenvalue weighted by Gasteiger charge is 2.28. The molecule has 5 aromatic rings. The molecule has 0 unspecified atom stereocenters. The second kappa shape index (κ2) is 13.5. The van der Waals surface area contributed by atoms with Crippen LogP contribution in [0.4, 0.5) is 17.1 Å². The van der Waals surface area contributed by atoms with Gasteiger partial charge in [-0.15, -0.1) is 0 Å². The van der Waals surface area contributed by atoms with Crippen molar-refractivity contribution in [3.05, 3.63) is 152 Å². The molecule has 0 atom stereocenters. The predicted molar refractivity (Wildman–Crippen MR) is 200 cm³/mol. The number of rotatable bonds is 8. The first-order valence-electron chi connectivity index (χ1n) is 15.6. The molecule has 3 nitrogen and oxygen atoms in total. The number of hydrogen-bond acceptors (Lipinski definition) is 4. The van der Waals surface area contributed by atoms with Crippen molar-refractivity contribution in [3.8, 4) is 0 Å². The van der Waals surface area contributed by atoms with Gasteiger partial charge in [-0.25, -0.2) is 0 Å². The number of hydrogen-bond donors (Lipinski definition) is 0. The zero-order valence-corrected chi connectivity index (χ0v) is 28.9. The van der Waals surface area contributed by atoms with Crippen LogP contribution in [-0.2, 0) is 6.54 Å². The van der Waals surface area contributed by atoms with E-state index in [-0.39, 0.29) is 0 Å². The number of para-hydroxylation sites is 2. The normalized spacial score (nSPS) is 16.5. The molecule has 230 valence electrons. The van der Waals surface area contributed by atoms with E-state index in [9.17, 15) is 0 Å². The van der Waals surface area contributed by atoms with Crippen molar-refractivity contribution in [1.29, 1.82) is 0 Å². The quantitative estimate of drug-likeness (QED) is 0.151. The fourth-order valence-corrected chi connectivity index (χ4v) is 8.83. The number of fused-ring (bicyclic) bond motifs is 2. The lowest BCUT2D eigenvalue weighted by Crippen LogP contribution is -2.33. The lowest BCUT2D eigenvalue weighted by atomic mass is 10.1. The van der Waals surface area contributed by atoms with Crippen molar-refractivity contribution in [1.82, 2.24) is 0 Å². The highest BCUT2D eigenvalue weighted by molar-refractivity contribution is 8.03. The second-order valence-corrected chi connectivity index (χ2v) is 14.2. The highest BCUT2D eigenvalue weighted by atomic mass is 35.5. The van der Waals surface area contributed by atoms with E-state index < -0.39 is 0 Å². The SMILES string of the molecule is CCN1/C(=C/C=C2\CCC(C=Cc3sc4ccc(Cl)cc4[n+]3CC)=C2N(c2ccccc2)c2ccccc2)Sc2ccc(Cl)cc21. The predicted octanol–water partition coefficient (Wildman–Crippen LogP) is 11.8. The van der Waals surface area contributed by atoms with Crippen LogP contribution in [0.2, 0.25) is 10.0 Å². The maximum atomic E-state index is 6.39. The monoisotopic (exact) mass is 678 g/mol. The minimum absolute atomic E-state index is 0.766. The van der Waals surface area contributed by atoms with E-state index in [4.69, 9.17) is 23.2 Å². The van der Waals surface area contributed by atoms with Gasteiger partial charge in [-0.05, 0) is 105 Å². The Morgan fingerprint density at radius 3 is 2.20 bits per heavy atom. The fourth-order valence-electron chi connectivity index (χ4n) is 6.28. The zero-order valence-electron chi connectivity index (χ0n) is 25.8.